The number of benzene rings is 2. The van der Waals surface area contributed by atoms with Crippen LogP contribution in [0.3, 0.4) is 0 Å². The maximum absolute atomic E-state index is 12.0. The largest absolute Gasteiger partial charge is 0.496 e. The van der Waals surface area contributed by atoms with Gasteiger partial charge in [0.1, 0.15) is 5.75 Å². The number of ketones is 1. The van der Waals surface area contributed by atoms with Gasteiger partial charge >= 0.3 is 0 Å². The minimum atomic E-state index is -0.0615. The Morgan fingerprint density at radius 2 is 1.90 bits per heavy atom. The molecule has 0 N–H and O–H groups in total. The van der Waals surface area contributed by atoms with Crippen LogP contribution in [0.4, 0.5) is 0 Å². The van der Waals surface area contributed by atoms with Gasteiger partial charge < -0.3 is 4.74 Å². The Hall–Kier alpha value is -1.58. The molecule has 0 atom stereocenters. The first-order chi connectivity index (χ1) is 9.60. The van der Waals surface area contributed by atoms with Gasteiger partial charge in [0.15, 0.2) is 5.78 Å². The number of rotatable bonds is 4. The summed E-state index contributed by atoms with van der Waals surface area (Å²) in [5, 5.41) is 0.615. The lowest BCUT2D eigenvalue weighted by Gasteiger charge is -2.03. The average Bonchev–Trinajstić information content (AvgIpc) is 2.45. The van der Waals surface area contributed by atoms with Gasteiger partial charge in [-0.25, -0.2) is 0 Å². The van der Waals surface area contributed by atoms with Crippen LogP contribution >= 0.6 is 27.5 Å². The lowest BCUT2D eigenvalue weighted by atomic mass is 10.1. The van der Waals surface area contributed by atoms with Crippen molar-refractivity contribution in [3.8, 4) is 5.75 Å². The summed E-state index contributed by atoms with van der Waals surface area (Å²) < 4.78 is 6.00. The average molecular weight is 352 g/mol. The fourth-order valence-electron chi connectivity index (χ4n) is 1.67. The van der Waals surface area contributed by atoms with E-state index in [9.17, 15) is 4.79 Å². The molecule has 0 spiro atoms. The van der Waals surface area contributed by atoms with Gasteiger partial charge in [-0.2, -0.15) is 0 Å². The highest BCUT2D eigenvalue weighted by molar-refractivity contribution is 9.10. The van der Waals surface area contributed by atoms with Crippen LogP contribution < -0.4 is 4.74 Å². The van der Waals surface area contributed by atoms with Crippen molar-refractivity contribution < 1.29 is 9.53 Å². The van der Waals surface area contributed by atoms with Crippen LogP contribution in [0.5, 0.6) is 5.75 Å². The van der Waals surface area contributed by atoms with Gasteiger partial charge in [0, 0.05) is 10.6 Å². The van der Waals surface area contributed by atoms with E-state index >= 15 is 0 Å². The first-order valence-corrected chi connectivity index (χ1v) is 7.09. The normalized spacial score (nSPS) is 10.8. The molecule has 0 heterocycles. The highest BCUT2D eigenvalue weighted by Crippen LogP contribution is 2.26. The maximum atomic E-state index is 12.0. The number of hydrogen-bond donors (Lipinski definition) is 0. The van der Waals surface area contributed by atoms with Crippen molar-refractivity contribution in [1.82, 2.24) is 0 Å². The molecule has 2 aromatic carbocycles. The van der Waals surface area contributed by atoms with Gasteiger partial charge in [-0.15, -0.1) is 0 Å². The van der Waals surface area contributed by atoms with Crippen molar-refractivity contribution >= 4 is 39.4 Å². The highest BCUT2D eigenvalue weighted by Gasteiger charge is 2.02. The zero-order valence-corrected chi connectivity index (χ0v) is 13.1. The van der Waals surface area contributed by atoms with Crippen molar-refractivity contribution in [2.24, 2.45) is 0 Å². The van der Waals surface area contributed by atoms with Gasteiger partial charge in [-0.05, 0) is 64.0 Å². The van der Waals surface area contributed by atoms with Crippen molar-refractivity contribution in [2.75, 3.05) is 7.11 Å². The number of allylic oxidation sites excluding steroid dienone is 1. The molecule has 0 aliphatic heterocycles. The van der Waals surface area contributed by atoms with E-state index in [1.807, 2.05) is 18.2 Å². The Balaban J connectivity index is 2.14. The van der Waals surface area contributed by atoms with E-state index in [1.165, 1.54) is 6.08 Å². The van der Waals surface area contributed by atoms with Crippen molar-refractivity contribution in [1.29, 1.82) is 0 Å². The van der Waals surface area contributed by atoms with Crippen molar-refractivity contribution in [2.45, 2.75) is 0 Å². The molecule has 102 valence electrons. The molecule has 0 aliphatic rings. The minimum Gasteiger partial charge on any atom is -0.496 e. The second-order valence-corrected chi connectivity index (χ2v) is 5.39. The van der Waals surface area contributed by atoms with Gasteiger partial charge in [0.05, 0.1) is 11.6 Å². The fraction of sp³-hybridized carbons (Fsp3) is 0.0625. The Kier molecular flexibility index (Phi) is 4.99. The molecule has 2 aromatic rings. The quantitative estimate of drug-likeness (QED) is 0.572. The van der Waals surface area contributed by atoms with E-state index in [4.69, 9.17) is 16.3 Å². The Labute approximate surface area is 131 Å². The second-order valence-electron chi connectivity index (χ2n) is 4.10. The zero-order chi connectivity index (χ0) is 14.5. The summed E-state index contributed by atoms with van der Waals surface area (Å²) in [4.78, 5) is 12.0. The summed E-state index contributed by atoms with van der Waals surface area (Å²) in [6.07, 6.45) is 3.30. The summed E-state index contributed by atoms with van der Waals surface area (Å²) in [6, 6.07) is 12.4. The maximum Gasteiger partial charge on any atom is 0.185 e. The van der Waals surface area contributed by atoms with Gasteiger partial charge in [-0.3, -0.25) is 4.79 Å². The summed E-state index contributed by atoms with van der Waals surface area (Å²) >= 11 is 9.20. The summed E-state index contributed by atoms with van der Waals surface area (Å²) in [7, 11) is 1.61. The molecule has 2 rings (SSSR count). The van der Waals surface area contributed by atoms with Crippen LogP contribution in [0.25, 0.3) is 6.08 Å². The molecular weight excluding hydrogens is 340 g/mol. The van der Waals surface area contributed by atoms with Crippen molar-refractivity contribution in [3.63, 3.8) is 0 Å². The molecular formula is C16H12BrClO2. The number of hydrogen-bond acceptors (Lipinski definition) is 2. The predicted molar refractivity (Wildman–Crippen MR) is 85.5 cm³/mol. The first kappa shape index (κ1) is 14.8. The standard InChI is InChI=1S/C16H12BrClO2/c1-20-16-9-3-11(10-14(16)17)2-8-15(19)12-4-6-13(18)7-5-12/h2-10H,1H3/b8-2+. The van der Waals surface area contributed by atoms with Crippen LogP contribution in [-0.2, 0) is 0 Å². The molecule has 20 heavy (non-hydrogen) atoms. The Morgan fingerprint density at radius 1 is 1.20 bits per heavy atom. The number of carbonyl (C=O) groups excluding carboxylic acids is 1. The van der Waals surface area contributed by atoms with E-state index in [1.54, 1.807) is 37.5 Å². The smallest absolute Gasteiger partial charge is 0.185 e. The molecule has 0 aromatic heterocycles. The lowest BCUT2D eigenvalue weighted by molar-refractivity contribution is 0.104. The highest BCUT2D eigenvalue weighted by atomic mass is 79.9. The topological polar surface area (TPSA) is 26.3 Å². The molecule has 0 aliphatic carbocycles. The molecule has 0 radical (unpaired) electrons. The van der Waals surface area contributed by atoms with E-state index < -0.39 is 0 Å². The number of methoxy groups -OCH3 is 1. The summed E-state index contributed by atoms with van der Waals surface area (Å²) in [5.41, 5.74) is 1.53. The third kappa shape index (κ3) is 3.71. The number of carbonyl (C=O) groups is 1. The van der Waals surface area contributed by atoms with Crippen molar-refractivity contribution in [3.05, 3.63) is 69.2 Å². The van der Waals surface area contributed by atoms with Gasteiger partial charge in [0.2, 0.25) is 0 Å². The summed E-state index contributed by atoms with van der Waals surface area (Å²) in [5.74, 6) is 0.694. The minimum absolute atomic E-state index is 0.0615. The number of halogens is 2. The zero-order valence-electron chi connectivity index (χ0n) is 10.8. The Bertz CT molecular complexity index is 648. The third-order valence-electron chi connectivity index (χ3n) is 2.73. The lowest BCUT2D eigenvalue weighted by Crippen LogP contribution is -1.93. The monoisotopic (exact) mass is 350 g/mol. The Morgan fingerprint density at radius 3 is 2.50 bits per heavy atom. The van der Waals surface area contributed by atoms with Crippen LogP contribution in [0.2, 0.25) is 5.02 Å². The molecule has 0 fully saturated rings. The van der Waals surface area contributed by atoms with E-state index in [2.05, 4.69) is 15.9 Å². The first-order valence-electron chi connectivity index (χ1n) is 5.91. The van der Waals surface area contributed by atoms with E-state index in [-0.39, 0.29) is 5.78 Å². The van der Waals surface area contributed by atoms with E-state index in [0.29, 0.717) is 10.6 Å². The van der Waals surface area contributed by atoms with Crippen LogP contribution in [-0.4, -0.2) is 12.9 Å². The van der Waals surface area contributed by atoms with Crippen LogP contribution in [0.15, 0.2) is 53.0 Å². The van der Waals surface area contributed by atoms with E-state index in [0.717, 1.165) is 15.8 Å². The fourth-order valence-corrected chi connectivity index (χ4v) is 2.35. The predicted octanol–water partition coefficient (Wildman–Crippen LogP) is 5.01. The second kappa shape index (κ2) is 6.73. The van der Waals surface area contributed by atoms with Crippen LogP contribution in [0.1, 0.15) is 15.9 Å². The third-order valence-corrected chi connectivity index (χ3v) is 3.60. The van der Waals surface area contributed by atoms with Gasteiger partial charge in [-0.1, -0.05) is 23.7 Å². The molecule has 0 bridgehead atoms. The molecule has 0 unspecified atom stereocenters. The summed E-state index contributed by atoms with van der Waals surface area (Å²) in [6.45, 7) is 0. The molecule has 2 nitrogen and oxygen atoms in total. The molecule has 0 amide bonds. The SMILES string of the molecule is COc1ccc(/C=C/C(=O)c2ccc(Cl)cc2)cc1Br. The molecule has 4 heteroatoms. The van der Waals surface area contributed by atoms with Crippen LogP contribution in [0, 0.1) is 0 Å². The van der Waals surface area contributed by atoms with Gasteiger partial charge in [0.25, 0.3) is 0 Å². The number of ether oxygens (including phenoxy) is 1. The molecule has 0 saturated carbocycles. The molecule has 0 saturated heterocycles.